The molecule has 1 aliphatic heterocycles. The van der Waals surface area contributed by atoms with Crippen LogP contribution in [0.4, 0.5) is 5.82 Å². The molecule has 1 aliphatic rings. The van der Waals surface area contributed by atoms with Crippen LogP contribution in [0.15, 0.2) is 41.1 Å². The number of carbonyl (C=O) groups is 1. The highest BCUT2D eigenvalue weighted by Crippen LogP contribution is 2.18. The van der Waals surface area contributed by atoms with Crippen molar-refractivity contribution in [3.05, 3.63) is 48.0 Å². The summed E-state index contributed by atoms with van der Waals surface area (Å²) in [7, 11) is 0. The largest absolute Gasteiger partial charge is 0.469 e. The highest BCUT2D eigenvalue weighted by Gasteiger charge is 2.22. The van der Waals surface area contributed by atoms with Gasteiger partial charge in [0, 0.05) is 38.7 Å². The van der Waals surface area contributed by atoms with E-state index in [0.717, 1.165) is 30.2 Å². The minimum Gasteiger partial charge on any atom is -0.469 e. The Morgan fingerprint density at radius 3 is 2.72 bits per heavy atom. The molecule has 134 valence electrons. The van der Waals surface area contributed by atoms with Gasteiger partial charge < -0.3 is 19.4 Å². The molecule has 25 heavy (non-hydrogen) atoms. The van der Waals surface area contributed by atoms with Crippen molar-refractivity contribution in [3.8, 4) is 0 Å². The van der Waals surface area contributed by atoms with Gasteiger partial charge in [0.1, 0.15) is 11.6 Å². The van der Waals surface area contributed by atoms with Gasteiger partial charge in [0.05, 0.1) is 18.5 Å². The molecule has 3 heterocycles. The molecule has 0 saturated carbocycles. The molecule has 1 amide bonds. The number of hydrogen-bond acceptors (Lipinski definition) is 5. The second-order valence-electron chi connectivity index (χ2n) is 6.54. The second kappa shape index (κ2) is 8.16. The maximum absolute atomic E-state index is 11.9. The normalized spacial score (nSPS) is 20.5. The summed E-state index contributed by atoms with van der Waals surface area (Å²) in [6, 6.07) is 7.73. The van der Waals surface area contributed by atoms with Gasteiger partial charge in [-0.05, 0) is 37.6 Å². The number of hydrogen-bond donors (Lipinski definition) is 1. The molecule has 1 fully saturated rings. The van der Waals surface area contributed by atoms with Crippen LogP contribution in [0, 0.1) is 0 Å². The Bertz CT molecular complexity index is 660. The molecule has 0 spiro atoms. The van der Waals surface area contributed by atoms with Crippen molar-refractivity contribution in [3.63, 3.8) is 0 Å². The maximum atomic E-state index is 11.9. The van der Waals surface area contributed by atoms with E-state index in [1.165, 1.54) is 0 Å². The number of nitrogens with one attached hydrogen (secondary N) is 1. The highest BCUT2D eigenvalue weighted by atomic mass is 16.5. The van der Waals surface area contributed by atoms with Crippen molar-refractivity contribution < 1.29 is 13.9 Å². The summed E-state index contributed by atoms with van der Waals surface area (Å²) in [6.07, 6.45) is 4.90. The molecule has 3 rings (SSSR count). The first kappa shape index (κ1) is 17.5. The van der Waals surface area contributed by atoms with E-state index in [2.05, 4.69) is 29.0 Å². The number of aryl methyl sites for hydroxylation is 1. The fourth-order valence-electron chi connectivity index (χ4n) is 3.05. The maximum Gasteiger partial charge on any atom is 0.220 e. The zero-order valence-electron chi connectivity index (χ0n) is 14.8. The zero-order chi connectivity index (χ0) is 17.6. The molecule has 2 aromatic heterocycles. The van der Waals surface area contributed by atoms with Crippen molar-refractivity contribution >= 4 is 11.7 Å². The molecule has 0 aliphatic carbocycles. The molecule has 0 aromatic carbocycles. The van der Waals surface area contributed by atoms with Crippen LogP contribution in [0.1, 0.15) is 31.6 Å². The van der Waals surface area contributed by atoms with Crippen LogP contribution < -0.4 is 10.2 Å². The van der Waals surface area contributed by atoms with Gasteiger partial charge in [-0.1, -0.05) is 6.07 Å². The third-order valence-corrected chi connectivity index (χ3v) is 4.22. The highest BCUT2D eigenvalue weighted by molar-refractivity contribution is 5.76. The Hall–Kier alpha value is -2.34. The van der Waals surface area contributed by atoms with Crippen molar-refractivity contribution in [1.82, 2.24) is 10.3 Å². The first-order valence-corrected chi connectivity index (χ1v) is 8.74. The van der Waals surface area contributed by atoms with Crippen LogP contribution in [0.25, 0.3) is 0 Å². The topological polar surface area (TPSA) is 67.6 Å². The number of anilines is 1. The van der Waals surface area contributed by atoms with Crippen LogP contribution >= 0.6 is 0 Å². The third kappa shape index (κ3) is 5.06. The molecule has 0 bridgehead atoms. The van der Waals surface area contributed by atoms with Crippen molar-refractivity contribution in [1.29, 1.82) is 0 Å². The van der Waals surface area contributed by atoms with E-state index >= 15 is 0 Å². The predicted molar refractivity (Wildman–Crippen MR) is 95.3 cm³/mol. The predicted octanol–water partition coefficient (Wildman–Crippen LogP) is 2.54. The number of morpholine rings is 1. The molecule has 0 unspecified atom stereocenters. The number of ether oxygens (including phenoxy) is 1. The van der Waals surface area contributed by atoms with E-state index in [1.54, 1.807) is 6.26 Å². The molecular formula is C19H25N3O3. The van der Waals surface area contributed by atoms with E-state index in [0.29, 0.717) is 19.4 Å². The van der Waals surface area contributed by atoms with Gasteiger partial charge in [-0.15, -0.1) is 0 Å². The second-order valence-corrected chi connectivity index (χ2v) is 6.54. The molecule has 6 heteroatoms. The lowest BCUT2D eigenvalue weighted by Gasteiger charge is -2.36. The quantitative estimate of drug-likeness (QED) is 0.873. The standard InChI is InChI=1S/C19H25N3O3/c1-14-12-22(13-15(2)25-14)18-7-5-16(10-20-18)11-21-19(23)8-6-17-4-3-9-24-17/h3-5,7,9-10,14-15H,6,8,11-13H2,1-2H3,(H,21,23)/t14-,15-/m0/s1. The van der Waals surface area contributed by atoms with E-state index in [1.807, 2.05) is 30.5 Å². The van der Waals surface area contributed by atoms with E-state index in [9.17, 15) is 4.79 Å². The monoisotopic (exact) mass is 343 g/mol. The van der Waals surface area contributed by atoms with Gasteiger partial charge in [0.2, 0.25) is 5.91 Å². The number of aromatic nitrogens is 1. The van der Waals surface area contributed by atoms with E-state index in [4.69, 9.17) is 9.15 Å². The van der Waals surface area contributed by atoms with Gasteiger partial charge in [-0.3, -0.25) is 4.79 Å². The number of furan rings is 1. The Kier molecular flexibility index (Phi) is 5.71. The molecule has 2 aromatic rings. The Morgan fingerprint density at radius 1 is 1.28 bits per heavy atom. The summed E-state index contributed by atoms with van der Waals surface area (Å²) in [5, 5.41) is 2.92. The van der Waals surface area contributed by atoms with E-state index in [-0.39, 0.29) is 18.1 Å². The van der Waals surface area contributed by atoms with Gasteiger partial charge >= 0.3 is 0 Å². The SMILES string of the molecule is C[C@H]1CN(c2ccc(CNC(=O)CCc3ccco3)cn2)C[C@H](C)O1. The van der Waals surface area contributed by atoms with Crippen LogP contribution in [0.3, 0.4) is 0 Å². The molecule has 6 nitrogen and oxygen atoms in total. The first-order valence-electron chi connectivity index (χ1n) is 8.74. The summed E-state index contributed by atoms with van der Waals surface area (Å²) in [5.74, 6) is 1.79. The average molecular weight is 343 g/mol. The number of carbonyl (C=O) groups excluding carboxylic acids is 1. The van der Waals surface area contributed by atoms with Crippen LogP contribution in [0.2, 0.25) is 0 Å². The third-order valence-electron chi connectivity index (χ3n) is 4.22. The number of nitrogens with zero attached hydrogens (tertiary/aromatic N) is 2. The lowest BCUT2D eigenvalue weighted by atomic mass is 10.2. The fraction of sp³-hybridized carbons (Fsp3) is 0.474. The summed E-state index contributed by atoms with van der Waals surface area (Å²) < 4.78 is 11.0. The van der Waals surface area contributed by atoms with Crippen molar-refractivity contribution in [2.75, 3.05) is 18.0 Å². The Labute approximate surface area is 148 Å². The fourth-order valence-corrected chi connectivity index (χ4v) is 3.05. The zero-order valence-corrected chi connectivity index (χ0v) is 14.8. The summed E-state index contributed by atoms with van der Waals surface area (Å²) in [6.45, 7) is 6.34. The molecule has 2 atom stereocenters. The van der Waals surface area contributed by atoms with Gasteiger partial charge in [0.15, 0.2) is 0 Å². The minimum atomic E-state index is 0.0105. The van der Waals surface area contributed by atoms with Gasteiger partial charge in [-0.25, -0.2) is 4.98 Å². The number of amides is 1. The first-order chi connectivity index (χ1) is 12.1. The summed E-state index contributed by atoms with van der Waals surface area (Å²) in [4.78, 5) is 18.7. The van der Waals surface area contributed by atoms with Crippen LogP contribution in [-0.2, 0) is 22.5 Å². The van der Waals surface area contributed by atoms with Crippen molar-refractivity contribution in [2.45, 2.75) is 45.4 Å². The number of rotatable bonds is 6. The van der Waals surface area contributed by atoms with Gasteiger partial charge in [0.25, 0.3) is 0 Å². The van der Waals surface area contributed by atoms with Crippen LogP contribution in [-0.4, -0.2) is 36.2 Å². The molecule has 1 N–H and O–H groups in total. The Balaban J connectivity index is 1.46. The van der Waals surface area contributed by atoms with Gasteiger partial charge in [-0.2, -0.15) is 0 Å². The molecule has 0 radical (unpaired) electrons. The molecule has 1 saturated heterocycles. The summed E-state index contributed by atoms with van der Waals surface area (Å²) in [5.41, 5.74) is 0.990. The lowest BCUT2D eigenvalue weighted by Crippen LogP contribution is -2.45. The minimum absolute atomic E-state index is 0.0105. The number of pyridine rings is 1. The van der Waals surface area contributed by atoms with Crippen LogP contribution in [0.5, 0.6) is 0 Å². The van der Waals surface area contributed by atoms with Crippen molar-refractivity contribution in [2.24, 2.45) is 0 Å². The Morgan fingerprint density at radius 2 is 2.08 bits per heavy atom. The average Bonchev–Trinajstić information content (AvgIpc) is 3.11. The molecular weight excluding hydrogens is 318 g/mol. The lowest BCUT2D eigenvalue weighted by molar-refractivity contribution is -0.121. The summed E-state index contributed by atoms with van der Waals surface area (Å²) >= 11 is 0. The smallest absolute Gasteiger partial charge is 0.220 e. The van der Waals surface area contributed by atoms with E-state index < -0.39 is 0 Å².